The molecular weight excluding hydrogens is 615 g/mol. The highest BCUT2D eigenvalue weighted by molar-refractivity contribution is 8.00. The number of nitrogens with zero attached hydrogens (tertiary/aromatic N) is 3. The van der Waals surface area contributed by atoms with Crippen LogP contribution in [0.1, 0.15) is 40.8 Å². The molecule has 4 aromatic rings. The number of amides is 2. The molecule has 0 spiro atoms. The first-order chi connectivity index (χ1) is 21.4. The van der Waals surface area contributed by atoms with Crippen molar-refractivity contribution in [3.8, 4) is 0 Å². The van der Waals surface area contributed by atoms with Crippen molar-refractivity contribution in [2.75, 3.05) is 11.2 Å². The van der Waals surface area contributed by atoms with E-state index in [1.807, 2.05) is 92.0 Å². The van der Waals surface area contributed by atoms with Crippen LogP contribution in [0.2, 0.25) is 0 Å². The average Bonchev–Trinajstić information content (AvgIpc) is 3.74. The third-order valence-electron chi connectivity index (χ3n) is 7.00. The van der Waals surface area contributed by atoms with Crippen molar-refractivity contribution in [3.63, 3.8) is 0 Å². The number of hydrogen-bond acceptors (Lipinski definition) is 10. The van der Waals surface area contributed by atoms with Gasteiger partial charge < -0.3 is 10.1 Å². The predicted molar refractivity (Wildman–Crippen MR) is 175 cm³/mol. The van der Waals surface area contributed by atoms with E-state index in [9.17, 15) is 14.4 Å². The van der Waals surface area contributed by atoms with Gasteiger partial charge in [-0.15, -0.1) is 23.1 Å². The molecule has 2 aliphatic heterocycles. The summed E-state index contributed by atoms with van der Waals surface area (Å²) in [6.07, 6.45) is 1.18. The van der Waals surface area contributed by atoms with Crippen LogP contribution in [0, 0.1) is 0 Å². The monoisotopic (exact) mass is 643 g/mol. The number of aromatic nitrogens is 1. The van der Waals surface area contributed by atoms with Crippen LogP contribution >= 0.6 is 34.4 Å². The molecule has 2 unspecified atom stereocenters. The van der Waals surface area contributed by atoms with Crippen LogP contribution in [0.3, 0.4) is 0 Å². The first-order valence-electron chi connectivity index (χ1n) is 13.9. The van der Waals surface area contributed by atoms with Crippen LogP contribution in [-0.2, 0) is 25.5 Å². The second kappa shape index (κ2) is 13.2. The Bertz CT molecular complexity index is 1680. The van der Waals surface area contributed by atoms with Gasteiger partial charge in [0.1, 0.15) is 17.1 Å². The van der Waals surface area contributed by atoms with E-state index >= 15 is 0 Å². The second-order valence-electron chi connectivity index (χ2n) is 10.3. The van der Waals surface area contributed by atoms with Crippen molar-refractivity contribution in [1.29, 1.82) is 0 Å². The van der Waals surface area contributed by atoms with E-state index < -0.39 is 23.5 Å². The number of hydrazone groups is 1. The SMILES string of the molecule is CC(C)=NNc1ncc(C2=C(C(=O)OC(c3ccccc3)c3ccccc3)N3C(=O)C(NC(=O)Cc4cccs4)C3SC2)s1. The van der Waals surface area contributed by atoms with E-state index in [-0.39, 0.29) is 23.9 Å². The number of β-lactam (4-membered cyclic amide) rings is 1. The van der Waals surface area contributed by atoms with Gasteiger partial charge in [0, 0.05) is 28.1 Å². The summed E-state index contributed by atoms with van der Waals surface area (Å²) in [4.78, 5) is 48.2. The maximum Gasteiger partial charge on any atom is 0.356 e. The maximum absolute atomic E-state index is 14.2. The number of nitrogens with one attached hydrogen (secondary N) is 2. The van der Waals surface area contributed by atoms with E-state index in [1.54, 1.807) is 6.20 Å². The number of ether oxygens (including phenoxy) is 1. The van der Waals surface area contributed by atoms with Gasteiger partial charge in [-0.2, -0.15) is 5.10 Å². The number of esters is 1. The van der Waals surface area contributed by atoms with Crippen molar-refractivity contribution in [1.82, 2.24) is 15.2 Å². The Morgan fingerprint density at radius 2 is 1.75 bits per heavy atom. The molecule has 0 radical (unpaired) electrons. The zero-order valence-electron chi connectivity index (χ0n) is 23.9. The van der Waals surface area contributed by atoms with Crippen LogP contribution < -0.4 is 10.7 Å². The molecule has 2 aromatic carbocycles. The number of anilines is 1. The third kappa shape index (κ3) is 6.33. The van der Waals surface area contributed by atoms with E-state index in [1.165, 1.54) is 39.3 Å². The fourth-order valence-electron chi connectivity index (χ4n) is 4.97. The zero-order valence-corrected chi connectivity index (χ0v) is 26.4. The summed E-state index contributed by atoms with van der Waals surface area (Å²) in [5.41, 5.74) is 6.21. The Labute approximate surface area is 267 Å². The minimum atomic E-state index is -0.739. The zero-order chi connectivity index (χ0) is 30.6. The van der Waals surface area contributed by atoms with Crippen LogP contribution in [0.25, 0.3) is 5.57 Å². The van der Waals surface area contributed by atoms with Gasteiger partial charge in [0.05, 0.1) is 11.3 Å². The normalized spacial score (nSPS) is 17.5. The molecule has 6 rings (SSSR count). The number of fused-ring (bicyclic) bond motifs is 1. The van der Waals surface area contributed by atoms with Crippen molar-refractivity contribution in [3.05, 3.63) is 111 Å². The van der Waals surface area contributed by atoms with E-state index in [0.29, 0.717) is 16.5 Å². The first-order valence-corrected chi connectivity index (χ1v) is 16.7. The molecule has 0 saturated carbocycles. The molecule has 44 heavy (non-hydrogen) atoms. The average molecular weight is 644 g/mol. The number of rotatable bonds is 10. The number of hydrogen-bond donors (Lipinski definition) is 2. The van der Waals surface area contributed by atoms with Crippen LogP contribution in [0.5, 0.6) is 0 Å². The largest absolute Gasteiger partial charge is 0.448 e. The molecule has 4 heterocycles. The van der Waals surface area contributed by atoms with Gasteiger partial charge >= 0.3 is 5.97 Å². The molecular formula is C32H29N5O4S3. The Balaban J connectivity index is 1.32. The van der Waals surface area contributed by atoms with Gasteiger partial charge in [-0.3, -0.25) is 19.9 Å². The van der Waals surface area contributed by atoms with Gasteiger partial charge in [0.15, 0.2) is 6.10 Å². The number of thiazole rings is 1. The lowest BCUT2D eigenvalue weighted by Crippen LogP contribution is -2.70. The van der Waals surface area contributed by atoms with Crippen molar-refractivity contribution >= 4 is 68.6 Å². The molecule has 12 heteroatoms. The van der Waals surface area contributed by atoms with E-state index in [2.05, 4.69) is 20.8 Å². The molecule has 2 atom stereocenters. The van der Waals surface area contributed by atoms with Crippen molar-refractivity contribution < 1.29 is 19.1 Å². The van der Waals surface area contributed by atoms with E-state index in [0.717, 1.165) is 26.6 Å². The summed E-state index contributed by atoms with van der Waals surface area (Å²) in [7, 11) is 0. The number of thioether (sulfide) groups is 1. The summed E-state index contributed by atoms with van der Waals surface area (Å²) in [5.74, 6) is -0.778. The van der Waals surface area contributed by atoms with Crippen LogP contribution in [0.4, 0.5) is 5.13 Å². The lowest BCUT2D eigenvalue weighted by molar-refractivity contribution is -0.154. The molecule has 224 valence electrons. The van der Waals surface area contributed by atoms with E-state index in [4.69, 9.17) is 4.74 Å². The predicted octanol–water partition coefficient (Wildman–Crippen LogP) is 5.70. The molecule has 1 fully saturated rings. The minimum absolute atomic E-state index is 0.171. The molecule has 2 aromatic heterocycles. The van der Waals surface area contributed by atoms with Crippen LogP contribution in [0.15, 0.2) is 95.2 Å². The molecule has 9 nitrogen and oxygen atoms in total. The molecule has 0 bridgehead atoms. The molecule has 2 N–H and O–H groups in total. The number of thiophene rings is 1. The summed E-state index contributed by atoms with van der Waals surface area (Å²) >= 11 is 4.33. The summed E-state index contributed by atoms with van der Waals surface area (Å²) < 4.78 is 6.25. The first kappa shape index (κ1) is 29.8. The highest BCUT2D eigenvalue weighted by atomic mass is 32.2. The quantitative estimate of drug-likeness (QED) is 0.0987. The van der Waals surface area contributed by atoms with Gasteiger partial charge in [-0.05, 0) is 36.4 Å². The lowest BCUT2D eigenvalue weighted by atomic mass is 10.0. The number of benzene rings is 2. The summed E-state index contributed by atoms with van der Waals surface area (Å²) in [6, 6.07) is 22.1. The van der Waals surface area contributed by atoms with Crippen LogP contribution in [-0.4, -0.2) is 50.5 Å². The summed E-state index contributed by atoms with van der Waals surface area (Å²) in [5, 5.41) is 9.15. The third-order valence-corrected chi connectivity index (χ3v) is 10.1. The van der Waals surface area contributed by atoms with Crippen molar-refractivity contribution in [2.45, 2.75) is 37.8 Å². The van der Waals surface area contributed by atoms with Gasteiger partial charge in [-0.25, -0.2) is 9.78 Å². The Morgan fingerprint density at radius 3 is 2.39 bits per heavy atom. The Kier molecular flexibility index (Phi) is 8.91. The maximum atomic E-state index is 14.2. The Hall–Kier alpha value is -4.26. The lowest BCUT2D eigenvalue weighted by Gasteiger charge is -2.49. The standard InChI is InChI=1S/C32H29N5O4S3/c1-19(2)35-36-32-33-17-24(44-32)23-18-43-30-26(34-25(38)16-22-14-9-15-42-22)29(39)37(30)27(23)31(40)41-28(20-10-5-3-6-11-20)21-12-7-4-8-13-21/h3-15,17,26,28,30H,16,18H2,1-2H3,(H,33,36)(H,34,38). The Morgan fingerprint density at radius 1 is 1.05 bits per heavy atom. The van der Waals surface area contributed by atoms with Gasteiger partial charge in [0.25, 0.3) is 5.91 Å². The smallest absolute Gasteiger partial charge is 0.356 e. The number of carbonyl (C=O) groups is 3. The van der Waals surface area contributed by atoms with Gasteiger partial charge in [-0.1, -0.05) is 78.1 Å². The fraction of sp³-hybridized carbons (Fsp3) is 0.219. The molecule has 1 saturated heterocycles. The highest BCUT2D eigenvalue weighted by Gasteiger charge is 2.55. The minimum Gasteiger partial charge on any atom is -0.448 e. The summed E-state index contributed by atoms with van der Waals surface area (Å²) in [6.45, 7) is 3.74. The molecule has 2 amide bonds. The van der Waals surface area contributed by atoms with Crippen molar-refractivity contribution in [2.24, 2.45) is 5.10 Å². The number of carbonyl (C=O) groups excluding carboxylic acids is 3. The molecule has 2 aliphatic rings. The second-order valence-corrected chi connectivity index (χ2v) is 13.5. The topological polar surface area (TPSA) is 113 Å². The van der Waals surface area contributed by atoms with Gasteiger partial charge in [0.2, 0.25) is 11.0 Å². The fourth-order valence-corrected chi connectivity index (χ4v) is 7.93. The molecule has 0 aliphatic carbocycles. The highest BCUT2D eigenvalue weighted by Crippen LogP contribution is 2.45.